The molecule has 2 N–H and O–H groups in total. The zero-order valence-corrected chi connectivity index (χ0v) is 13.7. The number of anilines is 1. The number of nitrogens with one attached hydrogen (secondary N) is 2. The third-order valence-corrected chi connectivity index (χ3v) is 4.05. The summed E-state index contributed by atoms with van der Waals surface area (Å²) in [6.07, 6.45) is 0.983. The van der Waals surface area contributed by atoms with E-state index in [4.69, 9.17) is 16.3 Å². The third kappa shape index (κ3) is 3.86. The largest absolute Gasteiger partial charge is 0.491 e. The summed E-state index contributed by atoms with van der Waals surface area (Å²) in [6, 6.07) is 12.6. The first kappa shape index (κ1) is 16.3. The average Bonchev–Trinajstić information content (AvgIpc) is 2.75. The molecule has 5 nitrogen and oxygen atoms in total. The minimum absolute atomic E-state index is 0.0575. The van der Waals surface area contributed by atoms with Gasteiger partial charge in [0.05, 0.1) is 29.3 Å². The molecule has 0 spiro atoms. The van der Waals surface area contributed by atoms with E-state index in [2.05, 4.69) is 10.6 Å². The van der Waals surface area contributed by atoms with E-state index in [9.17, 15) is 9.59 Å². The number of hydrogen-bond acceptors (Lipinski definition) is 3. The first-order valence-corrected chi connectivity index (χ1v) is 8.09. The Hall–Kier alpha value is -2.53. The lowest BCUT2D eigenvalue weighted by Crippen LogP contribution is -2.25. The van der Waals surface area contributed by atoms with Crippen molar-refractivity contribution in [1.82, 2.24) is 5.32 Å². The zero-order chi connectivity index (χ0) is 16.9. The molecular formula is C18H17ClN2O3. The van der Waals surface area contributed by atoms with Crippen molar-refractivity contribution < 1.29 is 14.3 Å². The van der Waals surface area contributed by atoms with Gasteiger partial charge in [-0.1, -0.05) is 29.8 Å². The SMILES string of the molecule is O=C1CCOc2ccc(CCNC(=O)c3ccccc3Cl)cc2N1. The lowest BCUT2D eigenvalue weighted by Gasteiger charge is -2.10. The molecule has 0 saturated heterocycles. The normalized spacial score (nSPS) is 13.3. The van der Waals surface area contributed by atoms with E-state index in [0.29, 0.717) is 48.0 Å². The van der Waals surface area contributed by atoms with Crippen molar-refractivity contribution in [1.29, 1.82) is 0 Å². The van der Waals surface area contributed by atoms with Crippen LogP contribution in [0.1, 0.15) is 22.3 Å². The van der Waals surface area contributed by atoms with E-state index < -0.39 is 0 Å². The van der Waals surface area contributed by atoms with Gasteiger partial charge < -0.3 is 15.4 Å². The van der Waals surface area contributed by atoms with Gasteiger partial charge in [0.2, 0.25) is 5.91 Å². The Bertz CT molecular complexity index is 777. The minimum atomic E-state index is -0.202. The standard InChI is InChI=1S/C18H17ClN2O3/c19-14-4-2-1-3-13(14)18(23)20-9-7-12-5-6-16-15(11-12)21-17(22)8-10-24-16/h1-6,11H,7-10H2,(H,20,23)(H,21,22). The van der Waals surface area contributed by atoms with Crippen molar-refractivity contribution in [2.45, 2.75) is 12.8 Å². The number of ether oxygens (including phenoxy) is 1. The molecule has 6 heteroatoms. The molecule has 0 aliphatic carbocycles. The van der Waals surface area contributed by atoms with Crippen LogP contribution in [0, 0.1) is 0 Å². The Morgan fingerprint density at radius 1 is 1.25 bits per heavy atom. The van der Waals surface area contributed by atoms with Crippen molar-refractivity contribution in [2.75, 3.05) is 18.5 Å². The van der Waals surface area contributed by atoms with Crippen LogP contribution in [0.25, 0.3) is 0 Å². The van der Waals surface area contributed by atoms with Crippen molar-refractivity contribution >= 4 is 29.1 Å². The molecule has 0 saturated carbocycles. The van der Waals surface area contributed by atoms with Gasteiger partial charge in [0.15, 0.2) is 0 Å². The molecule has 0 bridgehead atoms. The van der Waals surface area contributed by atoms with Gasteiger partial charge >= 0.3 is 0 Å². The van der Waals surface area contributed by atoms with Crippen LogP contribution < -0.4 is 15.4 Å². The van der Waals surface area contributed by atoms with Crippen LogP contribution in [0.3, 0.4) is 0 Å². The summed E-state index contributed by atoms with van der Waals surface area (Å²) in [7, 11) is 0. The first-order valence-electron chi connectivity index (χ1n) is 7.72. The summed E-state index contributed by atoms with van der Waals surface area (Å²) in [5.41, 5.74) is 2.13. The van der Waals surface area contributed by atoms with E-state index in [1.54, 1.807) is 24.3 Å². The monoisotopic (exact) mass is 344 g/mol. The molecule has 3 rings (SSSR count). The number of fused-ring (bicyclic) bond motifs is 1. The van der Waals surface area contributed by atoms with Crippen LogP contribution in [-0.4, -0.2) is 25.0 Å². The van der Waals surface area contributed by atoms with Gasteiger partial charge in [-0.25, -0.2) is 0 Å². The Kier molecular flexibility index (Phi) is 5.01. The van der Waals surface area contributed by atoms with Crippen molar-refractivity contribution in [3.8, 4) is 5.75 Å². The summed E-state index contributed by atoms with van der Waals surface area (Å²) >= 11 is 6.01. The number of benzene rings is 2. The predicted molar refractivity (Wildman–Crippen MR) is 92.7 cm³/mol. The van der Waals surface area contributed by atoms with Gasteiger partial charge in [0.25, 0.3) is 5.91 Å². The molecule has 1 heterocycles. The smallest absolute Gasteiger partial charge is 0.252 e. The summed E-state index contributed by atoms with van der Waals surface area (Å²) in [4.78, 5) is 23.7. The number of hydrogen-bond donors (Lipinski definition) is 2. The number of carbonyl (C=O) groups is 2. The molecule has 0 atom stereocenters. The molecule has 0 aromatic heterocycles. The van der Waals surface area contributed by atoms with E-state index in [0.717, 1.165) is 5.56 Å². The number of halogens is 1. The molecule has 0 fully saturated rings. The zero-order valence-electron chi connectivity index (χ0n) is 13.0. The van der Waals surface area contributed by atoms with Gasteiger partial charge in [-0.2, -0.15) is 0 Å². The molecule has 1 aliphatic heterocycles. The van der Waals surface area contributed by atoms with Crippen LogP contribution in [0.15, 0.2) is 42.5 Å². The highest BCUT2D eigenvalue weighted by Crippen LogP contribution is 2.28. The minimum Gasteiger partial charge on any atom is -0.491 e. The van der Waals surface area contributed by atoms with Crippen molar-refractivity contribution in [2.24, 2.45) is 0 Å². The van der Waals surface area contributed by atoms with E-state index in [1.807, 2.05) is 18.2 Å². The van der Waals surface area contributed by atoms with E-state index in [1.165, 1.54) is 0 Å². The van der Waals surface area contributed by atoms with Crippen molar-refractivity contribution in [3.05, 3.63) is 58.6 Å². The molecule has 124 valence electrons. The van der Waals surface area contributed by atoms with Crippen molar-refractivity contribution in [3.63, 3.8) is 0 Å². The molecular weight excluding hydrogens is 328 g/mol. The highest BCUT2D eigenvalue weighted by atomic mass is 35.5. The van der Waals surface area contributed by atoms with Crippen LogP contribution >= 0.6 is 11.6 Å². The Balaban J connectivity index is 1.60. The lowest BCUT2D eigenvalue weighted by molar-refractivity contribution is -0.116. The van der Waals surface area contributed by atoms with Crippen LogP contribution in [-0.2, 0) is 11.2 Å². The molecule has 0 unspecified atom stereocenters. The van der Waals surface area contributed by atoms with E-state index >= 15 is 0 Å². The molecule has 2 amide bonds. The van der Waals surface area contributed by atoms with Crippen LogP contribution in [0.4, 0.5) is 5.69 Å². The maximum atomic E-state index is 12.1. The Morgan fingerprint density at radius 3 is 2.92 bits per heavy atom. The summed E-state index contributed by atoms with van der Waals surface area (Å²) < 4.78 is 5.52. The number of rotatable bonds is 4. The Labute approximate surface area is 145 Å². The summed E-state index contributed by atoms with van der Waals surface area (Å²) in [6.45, 7) is 0.851. The fraction of sp³-hybridized carbons (Fsp3) is 0.222. The molecule has 24 heavy (non-hydrogen) atoms. The number of carbonyl (C=O) groups excluding carboxylic acids is 2. The number of amides is 2. The average molecular weight is 345 g/mol. The van der Waals surface area contributed by atoms with Gasteiger partial charge in [0, 0.05) is 6.54 Å². The van der Waals surface area contributed by atoms with Gasteiger partial charge in [-0.3, -0.25) is 9.59 Å². The fourth-order valence-corrected chi connectivity index (χ4v) is 2.71. The van der Waals surface area contributed by atoms with Gasteiger partial charge in [-0.15, -0.1) is 0 Å². The highest BCUT2D eigenvalue weighted by molar-refractivity contribution is 6.33. The maximum Gasteiger partial charge on any atom is 0.252 e. The second-order valence-electron chi connectivity index (χ2n) is 5.46. The van der Waals surface area contributed by atoms with Gasteiger partial charge in [-0.05, 0) is 36.2 Å². The summed E-state index contributed by atoms with van der Waals surface area (Å²) in [5.74, 6) is 0.412. The fourth-order valence-electron chi connectivity index (χ4n) is 2.48. The molecule has 2 aromatic rings. The van der Waals surface area contributed by atoms with Crippen LogP contribution in [0.2, 0.25) is 5.02 Å². The quantitative estimate of drug-likeness (QED) is 0.895. The maximum absolute atomic E-state index is 12.1. The highest BCUT2D eigenvalue weighted by Gasteiger charge is 2.14. The molecule has 2 aromatic carbocycles. The van der Waals surface area contributed by atoms with Crippen LogP contribution in [0.5, 0.6) is 5.75 Å². The lowest BCUT2D eigenvalue weighted by atomic mass is 10.1. The topological polar surface area (TPSA) is 67.4 Å². The second-order valence-corrected chi connectivity index (χ2v) is 5.87. The van der Waals surface area contributed by atoms with Gasteiger partial charge in [0.1, 0.15) is 5.75 Å². The summed E-state index contributed by atoms with van der Waals surface area (Å²) in [5, 5.41) is 6.10. The first-order chi connectivity index (χ1) is 11.6. The third-order valence-electron chi connectivity index (χ3n) is 3.72. The second kappa shape index (κ2) is 7.36. The molecule has 0 radical (unpaired) electrons. The van der Waals surface area contributed by atoms with E-state index in [-0.39, 0.29) is 11.8 Å². The predicted octanol–water partition coefficient (Wildman–Crippen LogP) is 3.03. The Morgan fingerprint density at radius 2 is 2.08 bits per heavy atom. The molecule has 1 aliphatic rings.